The van der Waals surface area contributed by atoms with Gasteiger partial charge in [-0.1, -0.05) is 6.92 Å². The second kappa shape index (κ2) is 4.82. The average Bonchev–Trinajstić information content (AvgIpc) is 2.90. The summed E-state index contributed by atoms with van der Waals surface area (Å²) < 4.78 is 0. The van der Waals surface area contributed by atoms with E-state index in [2.05, 4.69) is 22.5 Å². The minimum Gasteiger partial charge on any atom is -0.350 e. The smallest absolute Gasteiger partial charge is 0.240 e. The van der Waals surface area contributed by atoms with Crippen LogP contribution in [0, 0.1) is 5.92 Å². The van der Waals surface area contributed by atoms with Crippen molar-refractivity contribution in [2.75, 3.05) is 26.2 Å². The van der Waals surface area contributed by atoms with Crippen LogP contribution < -0.4 is 10.6 Å². The number of fused-ring (bicyclic) bond motifs is 3. The average molecular weight is 251 g/mol. The maximum atomic E-state index is 12.6. The Balaban J connectivity index is 1.63. The highest BCUT2D eigenvalue weighted by molar-refractivity contribution is 5.87. The topological polar surface area (TPSA) is 44.4 Å². The van der Waals surface area contributed by atoms with Gasteiger partial charge in [0.05, 0.1) is 5.54 Å². The van der Waals surface area contributed by atoms with Gasteiger partial charge in [0.2, 0.25) is 5.91 Å². The molecule has 4 aliphatic heterocycles. The Bertz CT molecular complexity index is 317. The molecule has 2 N–H and O–H groups in total. The largest absolute Gasteiger partial charge is 0.350 e. The van der Waals surface area contributed by atoms with Gasteiger partial charge in [0.15, 0.2) is 0 Å². The molecule has 2 unspecified atom stereocenters. The van der Waals surface area contributed by atoms with Crippen LogP contribution in [-0.4, -0.2) is 48.6 Å². The Morgan fingerprint density at radius 3 is 2.72 bits per heavy atom. The van der Waals surface area contributed by atoms with Gasteiger partial charge in [-0.3, -0.25) is 4.79 Å². The highest BCUT2D eigenvalue weighted by Gasteiger charge is 2.42. The monoisotopic (exact) mass is 251 g/mol. The van der Waals surface area contributed by atoms with E-state index in [0.29, 0.717) is 12.0 Å². The molecule has 0 saturated carbocycles. The SMILES string of the molecule is CCC1(C(=O)NC2CN3CCC2CC3)CCCN1. The first-order valence-electron chi connectivity index (χ1n) is 7.52. The maximum absolute atomic E-state index is 12.6. The molecule has 4 aliphatic rings. The van der Waals surface area contributed by atoms with Crippen molar-refractivity contribution in [3.63, 3.8) is 0 Å². The molecule has 1 amide bonds. The van der Waals surface area contributed by atoms with Crippen molar-refractivity contribution in [2.45, 2.75) is 50.6 Å². The van der Waals surface area contributed by atoms with Gasteiger partial charge in [0, 0.05) is 12.6 Å². The van der Waals surface area contributed by atoms with Crippen molar-refractivity contribution >= 4 is 5.91 Å². The van der Waals surface area contributed by atoms with Crippen molar-refractivity contribution < 1.29 is 4.79 Å². The van der Waals surface area contributed by atoms with E-state index in [4.69, 9.17) is 0 Å². The summed E-state index contributed by atoms with van der Waals surface area (Å²) in [6.07, 6.45) is 5.55. The van der Waals surface area contributed by atoms with Crippen LogP contribution in [0.2, 0.25) is 0 Å². The van der Waals surface area contributed by atoms with Crippen molar-refractivity contribution in [3.05, 3.63) is 0 Å². The predicted octanol–water partition coefficient (Wildman–Crippen LogP) is 0.729. The quantitative estimate of drug-likeness (QED) is 0.777. The molecule has 4 rings (SSSR count). The lowest BCUT2D eigenvalue weighted by atomic mass is 9.83. The fourth-order valence-electron chi connectivity index (χ4n) is 3.90. The third kappa shape index (κ3) is 2.05. The van der Waals surface area contributed by atoms with Crippen molar-refractivity contribution in [3.8, 4) is 0 Å². The van der Waals surface area contributed by atoms with Crippen LogP contribution in [-0.2, 0) is 4.79 Å². The van der Waals surface area contributed by atoms with Crippen molar-refractivity contribution in [1.82, 2.24) is 15.5 Å². The highest BCUT2D eigenvalue weighted by Crippen LogP contribution is 2.29. The van der Waals surface area contributed by atoms with E-state index in [0.717, 1.165) is 32.4 Å². The lowest BCUT2D eigenvalue weighted by Gasteiger charge is -2.45. The number of carbonyl (C=O) groups excluding carboxylic acids is 1. The number of amides is 1. The zero-order valence-electron chi connectivity index (χ0n) is 11.4. The summed E-state index contributed by atoms with van der Waals surface area (Å²) in [4.78, 5) is 15.0. The summed E-state index contributed by atoms with van der Waals surface area (Å²) in [5.41, 5.74) is -0.272. The Labute approximate surface area is 109 Å². The lowest BCUT2D eigenvalue weighted by molar-refractivity contribution is -0.129. The van der Waals surface area contributed by atoms with Gasteiger partial charge >= 0.3 is 0 Å². The van der Waals surface area contributed by atoms with Crippen LogP contribution in [0.1, 0.15) is 39.0 Å². The molecule has 2 atom stereocenters. The van der Waals surface area contributed by atoms with E-state index in [9.17, 15) is 4.79 Å². The van der Waals surface area contributed by atoms with E-state index in [1.807, 2.05) is 0 Å². The molecule has 4 nitrogen and oxygen atoms in total. The van der Waals surface area contributed by atoms with E-state index in [-0.39, 0.29) is 11.4 Å². The molecule has 0 spiro atoms. The summed E-state index contributed by atoms with van der Waals surface area (Å²) in [5, 5.41) is 6.77. The molecule has 18 heavy (non-hydrogen) atoms. The Morgan fingerprint density at radius 1 is 1.44 bits per heavy atom. The first kappa shape index (κ1) is 12.4. The number of hydrogen-bond donors (Lipinski definition) is 2. The molecule has 0 aromatic carbocycles. The van der Waals surface area contributed by atoms with Crippen molar-refractivity contribution in [1.29, 1.82) is 0 Å². The van der Waals surface area contributed by atoms with Gasteiger partial charge < -0.3 is 15.5 Å². The number of nitrogens with zero attached hydrogens (tertiary/aromatic N) is 1. The van der Waals surface area contributed by atoms with Crippen LogP contribution in [0.4, 0.5) is 0 Å². The first-order valence-corrected chi connectivity index (χ1v) is 7.52. The molecule has 4 saturated heterocycles. The van der Waals surface area contributed by atoms with Crippen LogP contribution >= 0.6 is 0 Å². The lowest BCUT2D eigenvalue weighted by Crippen LogP contribution is -2.62. The van der Waals surface area contributed by atoms with Crippen LogP contribution in [0.3, 0.4) is 0 Å². The third-order valence-electron chi connectivity index (χ3n) is 5.25. The van der Waals surface area contributed by atoms with E-state index < -0.39 is 0 Å². The fraction of sp³-hybridized carbons (Fsp3) is 0.929. The Hall–Kier alpha value is -0.610. The molecule has 0 aromatic rings. The Kier molecular flexibility index (Phi) is 3.32. The van der Waals surface area contributed by atoms with Gasteiger partial charge in [-0.25, -0.2) is 0 Å². The zero-order valence-corrected chi connectivity index (χ0v) is 11.4. The summed E-state index contributed by atoms with van der Waals surface area (Å²) in [7, 11) is 0. The molecule has 0 aliphatic carbocycles. The molecule has 102 valence electrons. The maximum Gasteiger partial charge on any atom is 0.240 e. The summed E-state index contributed by atoms with van der Waals surface area (Å²) in [6, 6.07) is 0.394. The third-order valence-corrected chi connectivity index (χ3v) is 5.25. The van der Waals surface area contributed by atoms with Gasteiger partial charge in [-0.15, -0.1) is 0 Å². The number of carbonyl (C=O) groups is 1. The molecule has 4 heterocycles. The molecule has 0 aromatic heterocycles. The predicted molar refractivity (Wildman–Crippen MR) is 71.4 cm³/mol. The zero-order chi connectivity index (χ0) is 12.6. The number of rotatable bonds is 3. The van der Waals surface area contributed by atoms with Gasteiger partial charge in [0.1, 0.15) is 0 Å². The van der Waals surface area contributed by atoms with E-state index in [1.165, 1.54) is 25.9 Å². The molecule has 2 bridgehead atoms. The molecule has 4 heteroatoms. The normalized spacial score (nSPS) is 43.1. The summed E-state index contributed by atoms with van der Waals surface area (Å²) in [6.45, 7) is 6.63. The number of hydrogen-bond acceptors (Lipinski definition) is 3. The van der Waals surface area contributed by atoms with Crippen LogP contribution in [0.25, 0.3) is 0 Å². The minimum atomic E-state index is -0.272. The molecule has 4 fully saturated rings. The van der Waals surface area contributed by atoms with Gasteiger partial charge in [-0.2, -0.15) is 0 Å². The van der Waals surface area contributed by atoms with Gasteiger partial charge in [0.25, 0.3) is 0 Å². The number of nitrogens with one attached hydrogen (secondary N) is 2. The summed E-state index contributed by atoms with van der Waals surface area (Å²) >= 11 is 0. The number of piperidine rings is 3. The standard InChI is InChI=1S/C14H25N3O/c1-2-14(6-3-7-15-14)13(18)16-12-10-17-8-4-11(12)5-9-17/h11-12,15H,2-10H2,1H3,(H,16,18). The fourth-order valence-corrected chi connectivity index (χ4v) is 3.90. The van der Waals surface area contributed by atoms with Crippen LogP contribution in [0.5, 0.6) is 0 Å². The molecular weight excluding hydrogens is 226 g/mol. The van der Waals surface area contributed by atoms with Crippen molar-refractivity contribution in [2.24, 2.45) is 5.92 Å². The first-order chi connectivity index (χ1) is 8.73. The van der Waals surface area contributed by atoms with Crippen LogP contribution in [0.15, 0.2) is 0 Å². The summed E-state index contributed by atoms with van der Waals surface area (Å²) in [5.74, 6) is 0.968. The second-order valence-electron chi connectivity index (χ2n) is 6.18. The van der Waals surface area contributed by atoms with E-state index in [1.54, 1.807) is 0 Å². The van der Waals surface area contributed by atoms with E-state index >= 15 is 0 Å². The molecule has 0 radical (unpaired) electrons. The highest BCUT2D eigenvalue weighted by atomic mass is 16.2. The molecular formula is C14H25N3O. The second-order valence-corrected chi connectivity index (χ2v) is 6.18. The Morgan fingerprint density at radius 2 is 2.22 bits per heavy atom. The van der Waals surface area contributed by atoms with Gasteiger partial charge in [-0.05, 0) is 57.7 Å². The minimum absolute atomic E-state index is 0.251.